The fourth-order valence-electron chi connectivity index (χ4n) is 1.46. The van der Waals surface area contributed by atoms with Crippen molar-refractivity contribution in [3.8, 4) is 0 Å². The van der Waals surface area contributed by atoms with Gasteiger partial charge in [-0.3, -0.25) is 4.98 Å². The Morgan fingerprint density at radius 3 is 2.67 bits per heavy atom. The molecule has 1 aromatic heterocycles. The van der Waals surface area contributed by atoms with E-state index in [1.165, 1.54) is 23.2 Å². The average Bonchev–Trinajstić information content (AvgIpc) is 2.05. The molecule has 0 unspecified atom stereocenters. The molecular formula is C11H17N. The van der Waals surface area contributed by atoms with Gasteiger partial charge in [-0.25, -0.2) is 0 Å². The van der Waals surface area contributed by atoms with Crippen LogP contribution in [0.4, 0.5) is 0 Å². The monoisotopic (exact) mass is 163 g/mol. The average molecular weight is 163 g/mol. The quantitative estimate of drug-likeness (QED) is 0.667. The molecule has 0 aliphatic heterocycles. The van der Waals surface area contributed by atoms with Gasteiger partial charge in [0.2, 0.25) is 0 Å². The molecule has 0 atom stereocenters. The van der Waals surface area contributed by atoms with E-state index in [1.807, 2.05) is 6.20 Å². The van der Waals surface area contributed by atoms with E-state index in [2.05, 4.69) is 31.8 Å². The van der Waals surface area contributed by atoms with Crippen molar-refractivity contribution in [3.63, 3.8) is 0 Å². The number of nitrogens with zero attached hydrogens (tertiary/aromatic N) is 1. The van der Waals surface area contributed by atoms with Crippen molar-refractivity contribution >= 4 is 0 Å². The molecule has 0 amide bonds. The van der Waals surface area contributed by atoms with Gasteiger partial charge in [0.05, 0.1) is 0 Å². The van der Waals surface area contributed by atoms with Gasteiger partial charge in [0.15, 0.2) is 0 Å². The van der Waals surface area contributed by atoms with Gasteiger partial charge in [-0.05, 0) is 30.9 Å². The highest BCUT2D eigenvalue weighted by Crippen LogP contribution is 2.11. The highest BCUT2D eigenvalue weighted by atomic mass is 14.7. The maximum Gasteiger partial charge on any atom is 0.0432 e. The predicted molar refractivity (Wildman–Crippen MR) is 52.3 cm³/mol. The number of pyridine rings is 1. The second kappa shape index (κ2) is 4.24. The molecular weight excluding hydrogens is 146 g/mol. The molecule has 0 radical (unpaired) electrons. The van der Waals surface area contributed by atoms with Gasteiger partial charge >= 0.3 is 0 Å². The Kier molecular flexibility index (Phi) is 3.27. The van der Waals surface area contributed by atoms with Crippen LogP contribution in [0, 0.1) is 6.92 Å². The van der Waals surface area contributed by atoms with Crippen LogP contribution < -0.4 is 0 Å². The predicted octanol–water partition coefficient (Wildman–Crippen LogP) is 2.90. The summed E-state index contributed by atoms with van der Waals surface area (Å²) in [5.74, 6) is 0. The maximum absolute atomic E-state index is 4.42. The molecule has 12 heavy (non-hydrogen) atoms. The van der Waals surface area contributed by atoms with Gasteiger partial charge in [0.1, 0.15) is 0 Å². The fraction of sp³-hybridized carbons (Fsp3) is 0.545. The van der Waals surface area contributed by atoms with E-state index in [9.17, 15) is 0 Å². The highest BCUT2D eigenvalue weighted by Gasteiger charge is 2.00. The molecule has 0 saturated heterocycles. The van der Waals surface area contributed by atoms with Crippen LogP contribution in [0.5, 0.6) is 0 Å². The first-order valence-corrected chi connectivity index (χ1v) is 4.72. The summed E-state index contributed by atoms with van der Waals surface area (Å²) in [6, 6.07) is 2.26. The van der Waals surface area contributed by atoms with Crippen LogP contribution in [-0.2, 0) is 12.8 Å². The van der Waals surface area contributed by atoms with Gasteiger partial charge in [-0.2, -0.15) is 0 Å². The minimum Gasteiger partial charge on any atom is -0.261 e. The summed E-state index contributed by atoms with van der Waals surface area (Å²) in [6.45, 7) is 6.48. The van der Waals surface area contributed by atoms with Crippen molar-refractivity contribution in [2.24, 2.45) is 0 Å². The maximum atomic E-state index is 4.42. The van der Waals surface area contributed by atoms with Crippen molar-refractivity contribution in [3.05, 3.63) is 29.1 Å². The first-order chi connectivity index (χ1) is 5.77. The van der Waals surface area contributed by atoms with Crippen molar-refractivity contribution < 1.29 is 0 Å². The molecule has 0 fully saturated rings. The molecule has 0 spiro atoms. The Hall–Kier alpha value is -0.850. The first kappa shape index (κ1) is 9.24. The Morgan fingerprint density at radius 2 is 2.08 bits per heavy atom. The molecule has 1 aromatic rings. The van der Waals surface area contributed by atoms with Crippen molar-refractivity contribution in [2.75, 3.05) is 0 Å². The molecule has 1 rings (SSSR count). The fourth-order valence-corrected chi connectivity index (χ4v) is 1.46. The van der Waals surface area contributed by atoms with E-state index in [-0.39, 0.29) is 0 Å². The van der Waals surface area contributed by atoms with Gasteiger partial charge in [-0.1, -0.05) is 26.3 Å². The molecule has 1 heterocycles. The zero-order chi connectivity index (χ0) is 8.97. The SMILES string of the molecule is CCCc1cc(C)cnc1CC. The lowest BCUT2D eigenvalue weighted by atomic mass is 10.1. The van der Waals surface area contributed by atoms with Crippen molar-refractivity contribution in [1.82, 2.24) is 4.98 Å². The zero-order valence-electron chi connectivity index (χ0n) is 8.22. The summed E-state index contributed by atoms with van der Waals surface area (Å²) < 4.78 is 0. The molecule has 0 aromatic carbocycles. The standard InChI is InChI=1S/C11H17N/c1-4-6-10-7-9(3)8-12-11(10)5-2/h7-8H,4-6H2,1-3H3. The van der Waals surface area contributed by atoms with Crippen molar-refractivity contribution in [1.29, 1.82) is 0 Å². The molecule has 0 aliphatic carbocycles. The highest BCUT2D eigenvalue weighted by molar-refractivity contribution is 5.24. The molecule has 1 heteroatoms. The van der Waals surface area contributed by atoms with Gasteiger partial charge in [0.25, 0.3) is 0 Å². The number of hydrogen-bond acceptors (Lipinski definition) is 1. The van der Waals surface area contributed by atoms with Crippen LogP contribution in [-0.4, -0.2) is 4.98 Å². The van der Waals surface area contributed by atoms with Crippen LogP contribution in [0.3, 0.4) is 0 Å². The zero-order valence-corrected chi connectivity index (χ0v) is 8.22. The Labute approximate surface area is 74.8 Å². The summed E-state index contributed by atoms with van der Waals surface area (Å²) in [7, 11) is 0. The van der Waals surface area contributed by atoms with Crippen molar-refractivity contribution in [2.45, 2.75) is 40.0 Å². The van der Waals surface area contributed by atoms with Crippen LogP contribution in [0.1, 0.15) is 37.1 Å². The summed E-state index contributed by atoms with van der Waals surface area (Å²) >= 11 is 0. The lowest BCUT2D eigenvalue weighted by molar-refractivity contribution is 0.872. The van der Waals surface area contributed by atoms with Crippen LogP contribution in [0.25, 0.3) is 0 Å². The number of aryl methyl sites for hydroxylation is 3. The third-order valence-electron chi connectivity index (χ3n) is 2.05. The lowest BCUT2D eigenvalue weighted by Crippen LogP contribution is -1.96. The lowest BCUT2D eigenvalue weighted by Gasteiger charge is -2.05. The van der Waals surface area contributed by atoms with Crippen LogP contribution in [0.2, 0.25) is 0 Å². The summed E-state index contributed by atoms with van der Waals surface area (Å²) in [5.41, 5.74) is 3.97. The smallest absolute Gasteiger partial charge is 0.0432 e. The van der Waals surface area contributed by atoms with Gasteiger partial charge in [-0.15, -0.1) is 0 Å². The molecule has 0 N–H and O–H groups in total. The second-order valence-electron chi connectivity index (χ2n) is 3.22. The van der Waals surface area contributed by atoms with Crippen LogP contribution >= 0.6 is 0 Å². The van der Waals surface area contributed by atoms with Gasteiger partial charge in [0, 0.05) is 11.9 Å². The summed E-state index contributed by atoms with van der Waals surface area (Å²) in [6.07, 6.45) is 5.38. The Bertz CT molecular complexity index is 253. The normalized spacial score (nSPS) is 10.2. The van der Waals surface area contributed by atoms with E-state index in [4.69, 9.17) is 0 Å². The van der Waals surface area contributed by atoms with E-state index in [1.54, 1.807) is 0 Å². The summed E-state index contributed by atoms with van der Waals surface area (Å²) in [4.78, 5) is 4.42. The molecule has 0 bridgehead atoms. The third kappa shape index (κ3) is 2.07. The van der Waals surface area contributed by atoms with E-state index in [0.29, 0.717) is 0 Å². The largest absolute Gasteiger partial charge is 0.261 e. The molecule has 1 nitrogen and oxygen atoms in total. The molecule has 66 valence electrons. The second-order valence-corrected chi connectivity index (χ2v) is 3.22. The Balaban J connectivity index is 2.95. The van der Waals surface area contributed by atoms with E-state index in [0.717, 1.165) is 12.8 Å². The first-order valence-electron chi connectivity index (χ1n) is 4.72. The van der Waals surface area contributed by atoms with Crippen LogP contribution in [0.15, 0.2) is 12.3 Å². The molecule has 0 aliphatic rings. The number of aromatic nitrogens is 1. The minimum atomic E-state index is 1.05. The summed E-state index contributed by atoms with van der Waals surface area (Å²) in [5, 5.41) is 0. The molecule has 0 saturated carbocycles. The minimum absolute atomic E-state index is 1.05. The number of rotatable bonds is 3. The number of hydrogen-bond donors (Lipinski definition) is 0. The van der Waals surface area contributed by atoms with E-state index < -0.39 is 0 Å². The third-order valence-corrected chi connectivity index (χ3v) is 2.05. The van der Waals surface area contributed by atoms with Gasteiger partial charge < -0.3 is 0 Å². The van der Waals surface area contributed by atoms with E-state index >= 15 is 0 Å². The Morgan fingerprint density at radius 1 is 1.33 bits per heavy atom. The topological polar surface area (TPSA) is 12.9 Å².